The summed E-state index contributed by atoms with van der Waals surface area (Å²) < 4.78 is 5.62. The van der Waals surface area contributed by atoms with E-state index in [0.717, 1.165) is 11.3 Å². The molecule has 1 heterocycles. The zero-order valence-electron chi connectivity index (χ0n) is 12.2. The van der Waals surface area contributed by atoms with Crippen LogP contribution in [0, 0.1) is 13.8 Å². The Morgan fingerprint density at radius 2 is 2.05 bits per heavy atom. The van der Waals surface area contributed by atoms with Crippen LogP contribution in [0.1, 0.15) is 18.2 Å². The third-order valence-electron chi connectivity index (χ3n) is 2.90. The molecule has 0 saturated heterocycles. The molecule has 1 aromatic heterocycles. The van der Waals surface area contributed by atoms with E-state index >= 15 is 0 Å². The number of aromatic nitrogens is 1. The van der Waals surface area contributed by atoms with Crippen LogP contribution in [0.3, 0.4) is 0 Å². The van der Waals surface area contributed by atoms with Gasteiger partial charge in [-0.3, -0.25) is 4.79 Å². The van der Waals surface area contributed by atoms with Crippen molar-refractivity contribution in [2.24, 2.45) is 0 Å². The molecular weight excluding hydrogens is 288 g/mol. The van der Waals surface area contributed by atoms with Crippen molar-refractivity contribution in [1.82, 2.24) is 4.98 Å². The summed E-state index contributed by atoms with van der Waals surface area (Å²) >= 11 is 6.06. The average molecular weight is 305 g/mol. The average Bonchev–Trinajstić information content (AvgIpc) is 2.43. The summed E-state index contributed by atoms with van der Waals surface area (Å²) in [6.45, 7) is 5.47. The lowest BCUT2D eigenvalue weighted by molar-refractivity contribution is -0.122. The number of hydrogen-bond donors (Lipinski definition) is 1. The minimum atomic E-state index is -0.674. The van der Waals surface area contributed by atoms with Crippen LogP contribution in [-0.4, -0.2) is 17.0 Å². The van der Waals surface area contributed by atoms with Crippen LogP contribution in [0.2, 0.25) is 5.02 Å². The number of benzene rings is 1. The first kappa shape index (κ1) is 15.3. The monoisotopic (exact) mass is 304 g/mol. The van der Waals surface area contributed by atoms with E-state index in [9.17, 15) is 4.79 Å². The van der Waals surface area contributed by atoms with Gasteiger partial charge in [-0.1, -0.05) is 23.7 Å². The van der Waals surface area contributed by atoms with Crippen molar-refractivity contribution in [2.75, 3.05) is 5.32 Å². The number of aryl methyl sites for hydroxylation is 2. The zero-order chi connectivity index (χ0) is 15.4. The van der Waals surface area contributed by atoms with Gasteiger partial charge in [0.25, 0.3) is 5.91 Å². The van der Waals surface area contributed by atoms with Crippen LogP contribution in [0.4, 0.5) is 5.82 Å². The molecule has 4 nitrogen and oxygen atoms in total. The summed E-state index contributed by atoms with van der Waals surface area (Å²) in [5.41, 5.74) is 1.85. The van der Waals surface area contributed by atoms with Crippen molar-refractivity contribution in [3.8, 4) is 5.75 Å². The molecule has 0 aliphatic rings. The Kier molecular flexibility index (Phi) is 4.81. The van der Waals surface area contributed by atoms with Gasteiger partial charge < -0.3 is 10.1 Å². The van der Waals surface area contributed by atoms with Gasteiger partial charge in [0.1, 0.15) is 11.6 Å². The summed E-state index contributed by atoms with van der Waals surface area (Å²) in [6.07, 6.45) is -0.674. The van der Waals surface area contributed by atoms with E-state index in [2.05, 4.69) is 10.3 Å². The predicted molar refractivity (Wildman–Crippen MR) is 83.9 cm³/mol. The highest BCUT2D eigenvalue weighted by Gasteiger charge is 2.16. The molecule has 0 saturated carbocycles. The molecule has 21 heavy (non-hydrogen) atoms. The number of amides is 1. The van der Waals surface area contributed by atoms with E-state index in [4.69, 9.17) is 16.3 Å². The second-order valence-electron chi connectivity index (χ2n) is 4.85. The SMILES string of the molecule is Cc1ccc(Cl)c(OC(C)C(=O)Nc2cccc(C)n2)c1. The minimum absolute atomic E-state index is 0.273. The van der Waals surface area contributed by atoms with E-state index in [1.54, 1.807) is 25.1 Å². The van der Waals surface area contributed by atoms with Crippen molar-refractivity contribution in [1.29, 1.82) is 0 Å². The number of anilines is 1. The lowest BCUT2D eigenvalue weighted by atomic mass is 10.2. The molecule has 0 bridgehead atoms. The molecule has 1 atom stereocenters. The van der Waals surface area contributed by atoms with E-state index in [-0.39, 0.29) is 5.91 Å². The van der Waals surface area contributed by atoms with E-state index in [1.165, 1.54) is 0 Å². The molecule has 0 radical (unpaired) electrons. The summed E-state index contributed by atoms with van der Waals surface area (Å²) in [4.78, 5) is 16.3. The zero-order valence-corrected chi connectivity index (χ0v) is 12.9. The number of nitrogens with zero attached hydrogens (tertiary/aromatic N) is 1. The van der Waals surface area contributed by atoms with E-state index in [0.29, 0.717) is 16.6 Å². The first-order chi connectivity index (χ1) is 9.95. The Bertz CT molecular complexity index is 658. The smallest absolute Gasteiger partial charge is 0.266 e. The quantitative estimate of drug-likeness (QED) is 0.935. The molecule has 0 fully saturated rings. The van der Waals surface area contributed by atoms with Gasteiger partial charge in [0.05, 0.1) is 5.02 Å². The van der Waals surface area contributed by atoms with Crippen molar-refractivity contribution >= 4 is 23.3 Å². The van der Waals surface area contributed by atoms with Crippen molar-refractivity contribution < 1.29 is 9.53 Å². The third kappa shape index (κ3) is 4.20. The number of carbonyl (C=O) groups excluding carboxylic acids is 1. The Morgan fingerprint density at radius 3 is 2.76 bits per heavy atom. The number of rotatable bonds is 4. The topological polar surface area (TPSA) is 51.2 Å². The number of halogens is 1. The van der Waals surface area contributed by atoms with Crippen LogP contribution in [0.25, 0.3) is 0 Å². The van der Waals surface area contributed by atoms with Gasteiger partial charge in [-0.25, -0.2) is 4.98 Å². The minimum Gasteiger partial charge on any atom is -0.479 e. The fourth-order valence-corrected chi connectivity index (χ4v) is 1.95. The van der Waals surface area contributed by atoms with Gasteiger partial charge in [0.15, 0.2) is 6.10 Å². The molecule has 1 unspecified atom stereocenters. The molecule has 1 N–H and O–H groups in total. The normalized spacial score (nSPS) is 11.8. The summed E-state index contributed by atoms with van der Waals surface area (Å²) in [7, 11) is 0. The molecule has 2 rings (SSSR count). The third-order valence-corrected chi connectivity index (χ3v) is 3.21. The van der Waals surface area contributed by atoms with Gasteiger partial charge >= 0.3 is 0 Å². The Labute approximate surface area is 129 Å². The lowest BCUT2D eigenvalue weighted by Gasteiger charge is -2.16. The highest BCUT2D eigenvalue weighted by atomic mass is 35.5. The highest BCUT2D eigenvalue weighted by molar-refractivity contribution is 6.32. The Hall–Kier alpha value is -2.07. The van der Waals surface area contributed by atoms with Crippen LogP contribution in [-0.2, 0) is 4.79 Å². The largest absolute Gasteiger partial charge is 0.479 e. The van der Waals surface area contributed by atoms with Gasteiger partial charge in [-0.05, 0) is 50.6 Å². The van der Waals surface area contributed by atoms with Gasteiger partial charge in [0, 0.05) is 5.69 Å². The second-order valence-corrected chi connectivity index (χ2v) is 5.25. The predicted octanol–water partition coefficient (Wildman–Crippen LogP) is 3.76. The standard InChI is InChI=1S/C16H17ClN2O2/c1-10-7-8-13(17)14(9-10)21-12(3)16(20)19-15-6-4-5-11(2)18-15/h4-9,12H,1-3H3,(H,18,19,20). The van der Waals surface area contributed by atoms with Gasteiger partial charge in [0.2, 0.25) is 0 Å². The number of carbonyl (C=O) groups is 1. The van der Waals surface area contributed by atoms with E-state index in [1.807, 2.05) is 32.0 Å². The molecular formula is C16H17ClN2O2. The fourth-order valence-electron chi connectivity index (χ4n) is 1.79. The van der Waals surface area contributed by atoms with Gasteiger partial charge in [-0.2, -0.15) is 0 Å². The molecule has 0 spiro atoms. The molecule has 1 amide bonds. The molecule has 2 aromatic rings. The molecule has 110 valence electrons. The Balaban J connectivity index is 2.04. The molecule has 0 aliphatic heterocycles. The molecule has 5 heteroatoms. The Morgan fingerprint density at radius 1 is 1.29 bits per heavy atom. The number of ether oxygens (including phenoxy) is 1. The van der Waals surface area contributed by atoms with Crippen LogP contribution < -0.4 is 10.1 Å². The van der Waals surface area contributed by atoms with Crippen LogP contribution in [0.15, 0.2) is 36.4 Å². The summed E-state index contributed by atoms with van der Waals surface area (Å²) in [5, 5.41) is 3.20. The first-order valence-electron chi connectivity index (χ1n) is 6.63. The number of pyridine rings is 1. The highest BCUT2D eigenvalue weighted by Crippen LogP contribution is 2.26. The first-order valence-corrected chi connectivity index (χ1v) is 7.01. The van der Waals surface area contributed by atoms with Crippen molar-refractivity contribution in [2.45, 2.75) is 26.9 Å². The maximum Gasteiger partial charge on any atom is 0.266 e. The van der Waals surface area contributed by atoms with Crippen LogP contribution >= 0.6 is 11.6 Å². The summed E-state index contributed by atoms with van der Waals surface area (Å²) in [6, 6.07) is 10.9. The van der Waals surface area contributed by atoms with Crippen molar-refractivity contribution in [3.05, 3.63) is 52.7 Å². The van der Waals surface area contributed by atoms with E-state index < -0.39 is 6.10 Å². The number of nitrogens with one attached hydrogen (secondary N) is 1. The number of hydrogen-bond acceptors (Lipinski definition) is 3. The van der Waals surface area contributed by atoms with Gasteiger partial charge in [-0.15, -0.1) is 0 Å². The lowest BCUT2D eigenvalue weighted by Crippen LogP contribution is -2.30. The molecule has 1 aromatic carbocycles. The maximum atomic E-state index is 12.1. The van der Waals surface area contributed by atoms with Crippen LogP contribution in [0.5, 0.6) is 5.75 Å². The fraction of sp³-hybridized carbons (Fsp3) is 0.250. The maximum absolute atomic E-state index is 12.1. The molecule has 0 aliphatic carbocycles. The van der Waals surface area contributed by atoms with Crippen molar-refractivity contribution in [3.63, 3.8) is 0 Å². The summed E-state index contributed by atoms with van der Waals surface area (Å²) in [5.74, 6) is 0.730. The second kappa shape index (κ2) is 6.59.